The molecule has 1 unspecified atom stereocenters. The Kier molecular flexibility index (Phi) is 5.10. The van der Waals surface area contributed by atoms with Gasteiger partial charge in [0.2, 0.25) is 5.91 Å². The zero-order chi connectivity index (χ0) is 19.5. The summed E-state index contributed by atoms with van der Waals surface area (Å²) in [4.78, 5) is 18.8. The van der Waals surface area contributed by atoms with Crippen molar-refractivity contribution >= 4 is 5.91 Å². The van der Waals surface area contributed by atoms with Gasteiger partial charge >= 0.3 is 0 Å². The molecule has 2 heterocycles. The molecule has 1 fully saturated rings. The maximum absolute atomic E-state index is 12.4. The van der Waals surface area contributed by atoms with Crippen LogP contribution in [0.15, 0.2) is 53.1 Å². The van der Waals surface area contributed by atoms with Crippen molar-refractivity contribution in [3.05, 3.63) is 65.5 Å². The molecule has 6 nitrogen and oxygen atoms in total. The zero-order valence-electron chi connectivity index (χ0n) is 16.1. The molecule has 4 rings (SSSR count). The van der Waals surface area contributed by atoms with E-state index in [0.717, 1.165) is 17.7 Å². The van der Waals surface area contributed by atoms with E-state index >= 15 is 0 Å². The molecule has 1 atom stereocenters. The first-order chi connectivity index (χ1) is 13.6. The Balaban J connectivity index is 1.39. The number of aromatic nitrogens is 2. The average molecular weight is 377 g/mol. The standard InChI is InChI=1S/C22H23N3O3/c1-15-3-5-16(6-4-15)11-12-25-14-18(13-20(25)26)21-23-22(28-24-21)17-7-9-19(27-2)10-8-17/h3-10,18H,11-14H2,1-2H3. The molecular formula is C22H23N3O3. The fourth-order valence-corrected chi connectivity index (χ4v) is 3.43. The molecule has 1 aliphatic heterocycles. The Hall–Kier alpha value is -3.15. The number of aryl methyl sites for hydroxylation is 1. The lowest BCUT2D eigenvalue weighted by Gasteiger charge is -2.16. The largest absolute Gasteiger partial charge is 0.497 e. The quantitative estimate of drug-likeness (QED) is 0.656. The van der Waals surface area contributed by atoms with Crippen LogP contribution in [0.2, 0.25) is 0 Å². The molecule has 0 N–H and O–H groups in total. The fraction of sp³-hybridized carbons (Fsp3) is 0.318. The number of carbonyl (C=O) groups is 1. The van der Waals surface area contributed by atoms with Crippen LogP contribution in [0.25, 0.3) is 11.5 Å². The molecule has 144 valence electrons. The molecule has 0 radical (unpaired) electrons. The predicted octanol–water partition coefficient (Wildman–Crippen LogP) is 3.61. The number of amides is 1. The molecule has 6 heteroatoms. The molecule has 0 spiro atoms. The first kappa shape index (κ1) is 18.2. The van der Waals surface area contributed by atoms with Crippen LogP contribution in [0.4, 0.5) is 0 Å². The number of benzene rings is 2. The Morgan fingerprint density at radius 3 is 2.61 bits per heavy atom. The predicted molar refractivity (Wildman–Crippen MR) is 105 cm³/mol. The molecular weight excluding hydrogens is 354 g/mol. The minimum absolute atomic E-state index is 0.0266. The number of rotatable bonds is 6. The molecule has 1 aromatic heterocycles. The van der Waals surface area contributed by atoms with Gasteiger partial charge in [0.25, 0.3) is 5.89 Å². The van der Waals surface area contributed by atoms with Gasteiger partial charge in [-0.15, -0.1) is 0 Å². The van der Waals surface area contributed by atoms with Crippen LogP contribution in [0.5, 0.6) is 5.75 Å². The normalized spacial score (nSPS) is 16.6. The van der Waals surface area contributed by atoms with E-state index in [1.165, 1.54) is 11.1 Å². The number of likely N-dealkylation sites (tertiary alicyclic amines) is 1. The fourth-order valence-electron chi connectivity index (χ4n) is 3.43. The van der Waals surface area contributed by atoms with Crippen molar-refractivity contribution in [3.63, 3.8) is 0 Å². The summed E-state index contributed by atoms with van der Waals surface area (Å²) < 4.78 is 10.6. The zero-order valence-corrected chi connectivity index (χ0v) is 16.1. The number of nitrogens with zero attached hydrogens (tertiary/aromatic N) is 3. The molecule has 28 heavy (non-hydrogen) atoms. The van der Waals surface area contributed by atoms with Crippen molar-refractivity contribution in [1.29, 1.82) is 0 Å². The number of hydrogen-bond acceptors (Lipinski definition) is 5. The van der Waals surface area contributed by atoms with Gasteiger partial charge < -0.3 is 14.2 Å². The Morgan fingerprint density at radius 1 is 1.14 bits per heavy atom. The smallest absolute Gasteiger partial charge is 0.257 e. The minimum Gasteiger partial charge on any atom is -0.497 e. The number of ether oxygens (including phenoxy) is 1. The first-order valence-electron chi connectivity index (χ1n) is 9.44. The van der Waals surface area contributed by atoms with E-state index < -0.39 is 0 Å². The molecule has 0 saturated carbocycles. The maximum Gasteiger partial charge on any atom is 0.257 e. The molecule has 1 amide bonds. The van der Waals surface area contributed by atoms with Crippen molar-refractivity contribution < 1.29 is 14.1 Å². The van der Waals surface area contributed by atoms with Crippen molar-refractivity contribution in [2.24, 2.45) is 0 Å². The van der Waals surface area contributed by atoms with E-state index in [1.807, 2.05) is 29.2 Å². The molecule has 1 saturated heterocycles. The van der Waals surface area contributed by atoms with E-state index in [4.69, 9.17) is 9.26 Å². The monoisotopic (exact) mass is 377 g/mol. The van der Waals surface area contributed by atoms with Gasteiger partial charge in [-0.2, -0.15) is 4.98 Å². The van der Waals surface area contributed by atoms with E-state index in [-0.39, 0.29) is 11.8 Å². The third kappa shape index (κ3) is 3.91. The number of hydrogen-bond donors (Lipinski definition) is 0. The van der Waals surface area contributed by atoms with E-state index in [2.05, 4.69) is 41.3 Å². The van der Waals surface area contributed by atoms with Crippen LogP contribution in [-0.2, 0) is 11.2 Å². The van der Waals surface area contributed by atoms with E-state index in [0.29, 0.717) is 31.2 Å². The SMILES string of the molecule is COc1ccc(-c2nc(C3CC(=O)N(CCc4ccc(C)cc4)C3)no2)cc1. The summed E-state index contributed by atoms with van der Waals surface area (Å²) in [5.41, 5.74) is 3.31. The second-order valence-corrected chi connectivity index (χ2v) is 7.16. The van der Waals surface area contributed by atoms with Crippen molar-refractivity contribution in [3.8, 4) is 17.2 Å². The highest BCUT2D eigenvalue weighted by Crippen LogP contribution is 2.29. The van der Waals surface area contributed by atoms with Gasteiger partial charge in [0, 0.05) is 31.0 Å². The minimum atomic E-state index is -0.0266. The average Bonchev–Trinajstić information content (AvgIpc) is 3.35. The molecule has 0 bridgehead atoms. The highest BCUT2D eigenvalue weighted by atomic mass is 16.5. The summed E-state index contributed by atoms with van der Waals surface area (Å²) in [6.45, 7) is 3.41. The van der Waals surface area contributed by atoms with Gasteiger partial charge in [-0.25, -0.2) is 0 Å². The van der Waals surface area contributed by atoms with Crippen LogP contribution in [0.3, 0.4) is 0 Å². The molecule has 2 aromatic carbocycles. The van der Waals surface area contributed by atoms with Crippen LogP contribution in [0.1, 0.15) is 29.3 Å². The second kappa shape index (κ2) is 7.84. The highest BCUT2D eigenvalue weighted by Gasteiger charge is 2.33. The van der Waals surface area contributed by atoms with E-state index in [9.17, 15) is 4.79 Å². The van der Waals surface area contributed by atoms with Crippen LogP contribution < -0.4 is 4.74 Å². The van der Waals surface area contributed by atoms with Gasteiger partial charge in [0.05, 0.1) is 7.11 Å². The highest BCUT2D eigenvalue weighted by molar-refractivity contribution is 5.79. The summed E-state index contributed by atoms with van der Waals surface area (Å²) in [6.07, 6.45) is 1.28. The molecule has 0 aliphatic carbocycles. The summed E-state index contributed by atoms with van der Waals surface area (Å²) in [7, 11) is 1.63. The topological polar surface area (TPSA) is 68.5 Å². The van der Waals surface area contributed by atoms with Gasteiger partial charge in [0.15, 0.2) is 5.82 Å². The molecule has 1 aliphatic rings. The summed E-state index contributed by atoms with van der Waals surface area (Å²) in [5.74, 6) is 1.95. The van der Waals surface area contributed by atoms with Gasteiger partial charge in [0.1, 0.15) is 5.75 Å². The summed E-state index contributed by atoms with van der Waals surface area (Å²) >= 11 is 0. The third-order valence-electron chi connectivity index (χ3n) is 5.15. The maximum atomic E-state index is 12.4. The summed E-state index contributed by atoms with van der Waals surface area (Å²) in [6, 6.07) is 15.9. The number of carbonyl (C=O) groups excluding carboxylic acids is 1. The van der Waals surface area contributed by atoms with Crippen LogP contribution in [0, 0.1) is 6.92 Å². The van der Waals surface area contributed by atoms with Crippen molar-refractivity contribution in [2.45, 2.75) is 25.7 Å². The Labute approximate surface area is 164 Å². The lowest BCUT2D eigenvalue weighted by atomic mass is 10.1. The first-order valence-corrected chi connectivity index (χ1v) is 9.44. The Bertz CT molecular complexity index is 948. The second-order valence-electron chi connectivity index (χ2n) is 7.16. The van der Waals surface area contributed by atoms with Gasteiger partial charge in [-0.3, -0.25) is 4.79 Å². The Morgan fingerprint density at radius 2 is 1.89 bits per heavy atom. The van der Waals surface area contributed by atoms with E-state index in [1.54, 1.807) is 7.11 Å². The molecule has 3 aromatic rings. The van der Waals surface area contributed by atoms with Gasteiger partial charge in [-0.1, -0.05) is 35.0 Å². The summed E-state index contributed by atoms with van der Waals surface area (Å²) in [5, 5.41) is 4.12. The van der Waals surface area contributed by atoms with Crippen molar-refractivity contribution in [2.75, 3.05) is 20.2 Å². The lowest BCUT2D eigenvalue weighted by molar-refractivity contribution is -0.127. The third-order valence-corrected chi connectivity index (χ3v) is 5.15. The van der Waals surface area contributed by atoms with Crippen LogP contribution >= 0.6 is 0 Å². The van der Waals surface area contributed by atoms with Crippen molar-refractivity contribution in [1.82, 2.24) is 15.0 Å². The lowest BCUT2D eigenvalue weighted by Crippen LogP contribution is -2.27. The number of methoxy groups -OCH3 is 1. The van der Waals surface area contributed by atoms with Gasteiger partial charge in [-0.05, 0) is 43.2 Å². The van der Waals surface area contributed by atoms with Crippen LogP contribution in [-0.4, -0.2) is 41.1 Å².